The van der Waals surface area contributed by atoms with Gasteiger partial charge in [0.05, 0.1) is 28.1 Å². The number of pyridine rings is 1. The molecular weight excluding hydrogens is 497 g/mol. The maximum Gasteiger partial charge on any atom is 0.417 e. The molecular formula is C25H21FN7O3S+. The topological polar surface area (TPSA) is 130 Å². The van der Waals surface area contributed by atoms with Crippen molar-refractivity contribution in [2.75, 3.05) is 10.6 Å². The van der Waals surface area contributed by atoms with Crippen molar-refractivity contribution in [3.8, 4) is 0 Å². The first kappa shape index (κ1) is 24.1. The molecule has 0 aliphatic carbocycles. The number of allylic oxidation sites excluding steroid dienone is 1. The molecule has 1 aliphatic rings. The number of non-ortho nitro benzene ring substituents is 1. The minimum atomic E-state index is -0.663. The monoisotopic (exact) mass is 518 g/mol. The standard InChI is InChI=1S/C25H20FN7O3S/c1-15-21(23(34)29-18-6-4-12-27-13-18)22(16-8-10-19(11-9-16)33(35)36)32-24(28-15)30-25(31-32)37-14-17-5-2-3-7-20(17)26/h2-13,22H,14H2,1H3,(H2,28,29,30,31,34)/p+1. The summed E-state index contributed by atoms with van der Waals surface area (Å²) < 4.78 is 15.8. The van der Waals surface area contributed by atoms with Crippen molar-refractivity contribution >= 4 is 35.0 Å². The Bertz CT molecular complexity index is 1510. The van der Waals surface area contributed by atoms with E-state index in [1.165, 1.54) is 36.2 Å². The van der Waals surface area contributed by atoms with Gasteiger partial charge in [-0.05, 0) is 53.4 Å². The summed E-state index contributed by atoms with van der Waals surface area (Å²) >= 11 is 1.31. The predicted octanol–water partition coefficient (Wildman–Crippen LogP) is 4.36. The van der Waals surface area contributed by atoms with E-state index in [-0.39, 0.29) is 17.4 Å². The minimum Gasteiger partial charge on any atom is -0.321 e. The number of benzene rings is 2. The largest absolute Gasteiger partial charge is 0.417 e. The summed E-state index contributed by atoms with van der Waals surface area (Å²) in [5.41, 5.74) is 2.61. The Morgan fingerprint density at radius 2 is 1.97 bits per heavy atom. The third-order valence-electron chi connectivity index (χ3n) is 5.79. The van der Waals surface area contributed by atoms with Crippen LogP contribution in [-0.2, 0) is 10.5 Å². The number of nitrogens with one attached hydrogen (secondary N) is 3. The Labute approximate surface area is 214 Å². The molecule has 10 nitrogen and oxygen atoms in total. The molecule has 5 rings (SSSR count). The smallest absolute Gasteiger partial charge is 0.321 e. The molecule has 37 heavy (non-hydrogen) atoms. The molecule has 0 saturated carbocycles. The van der Waals surface area contributed by atoms with Crippen LogP contribution in [0.5, 0.6) is 0 Å². The number of nitrogens with zero attached hydrogens (tertiary/aromatic N) is 4. The van der Waals surface area contributed by atoms with Crippen LogP contribution in [-0.4, -0.2) is 25.9 Å². The van der Waals surface area contributed by atoms with Crippen LogP contribution in [0.25, 0.3) is 0 Å². The molecule has 2 aromatic carbocycles. The Balaban J connectivity index is 1.51. The van der Waals surface area contributed by atoms with Crippen molar-refractivity contribution in [3.05, 3.63) is 111 Å². The molecule has 1 amide bonds. The average molecular weight is 519 g/mol. The van der Waals surface area contributed by atoms with Crippen LogP contribution >= 0.6 is 11.8 Å². The zero-order valence-corrected chi connectivity index (χ0v) is 20.3. The van der Waals surface area contributed by atoms with Crippen LogP contribution in [0.4, 0.5) is 21.7 Å². The number of fused-ring (bicyclic) bond motifs is 1. The number of amides is 1. The van der Waals surface area contributed by atoms with Crippen LogP contribution < -0.4 is 15.3 Å². The Hall–Kier alpha value is -4.58. The fourth-order valence-electron chi connectivity index (χ4n) is 4.03. The number of hydrogen-bond acceptors (Lipinski definition) is 7. The van der Waals surface area contributed by atoms with Crippen molar-refractivity contribution in [1.29, 1.82) is 0 Å². The first-order valence-corrected chi connectivity index (χ1v) is 12.2. The third kappa shape index (κ3) is 5.05. The van der Waals surface area contributed by atoms with Gasteiger partial charge in [0.2, 0.25) is 0 Å². The lowest BCUT2D eigenvalue weighted by molar-refractivity contribution is -0.748. The highest BCUT2D eigenvalue weighted by Crippen LogP contribution is 2.32. The number of hydrogen-bond donors (Lipinski definition) is 3. The second-order valence-electron chi connectivity index (χ2n) is 8.21. The molecule has 3 heterocycles. The van der Waals surface area contributed by atoms with Gasteiger partial charge in [-0.15, -0.1) is 4.68 Å². The summed E-state index contributed by atoms with van der Waals surface area (Å²) in [6.07, 6.45) is 3.15. The lowest BCUT2D eigenvalue weighted by atomic mass is 9.95. The number of nitro groups is 1. The maximum atomic E-state index is 14.1. The van der Waals surface area contributed by atoms with Crippen molar-refractivity contribution in [2.45, 2.75) is 23.9 Å². The molecule has 3 N–H and O–H groups in total. The number of aromatic nitrogens is 4. The van der Waals surface area contributed by atoms with Crippen LogP contribution in [0.3, 0.4) is 0 Å². The average Bonchev–Trinajstić information content (AvgIpc) is 3.30. The number of carbonyl (C=O) groups excluding carboxylic acids is 1. The Morgan fingerprint density at radius 1 is 1.19 bits per heavy atom. The van der Waals surface area contributed by atoms with Gasteiger partial charge >= 0.3 is 5.95 Å². The van der Waals surface area contributed by atoms with Gasteiger partial charge in [-0.1, -0.05) is 30.0 Å². The van der Waals surface area contributed by atoms with Gasteiger partial charge in [0.1, 0.15) is 5.82 Å². The van der Waals surface area contributed by atoms with E-state index >= 15 is 0 Å². The number of aromatic amines is 1. The van der Waals surface area contributed by atoms with Gasteiger partial charge in [0, 0.05) is 24.1 Å². The molecule has 0 radical (unpaired) electrons. The molecule has 1 aliphatic heterocycles. The summed E-state index contributed by atoms with van der Waals surface area (Å²) in [4.78, 5) is 32.8. The molecule has 1 unspecified atom stereocenters. The van der Waals surface area contributed by atoms with Crippen LogP contribution in [0.2, 0.25) is 0 Å². The van der Waals surface area contributed by atoms with E-state index in [0.29, 0.717) is 44.9 Å². The summed E-state index contributed by atoms with van der Waals surface area (Å²) in [6, 6.07) is 15.3. The second kappa shape index (κ2) is 10.2. The molecule has 1 atom stereocenters. The van der Waals surface area contributed by atoms with Crippen LogP contribution in [0, 0.1) is 15.9 Å². The SMILES string of the molecule is CC1=C(C(=O)Nc2cccnc2)C(c2ccc([N+](=O)[O-])cc2)[n+]2[nH]c(SCc3ccccc3F)nc2N1. The highest BCUT2D eigenvalue weighted by atomic mass is 32.2. The van der Waals surface area contributed by atoms with Gasteiger partial charge in [-0.2, -0.15) is 0 Å². The number of thioether (sulfide) groups is 1. The number of anilines is 2. The maximum absolute atomic E-state index is 14.1. The molecule has 0 spiro atoms. The van der Waals surface area contributed by atoms with Crippen molar-refractivity contribution in [1.82, 2.24) is 15.1 Å². The van der Waals surface area contributed by atoms with Gasteiger partial charge in [0.25, 0.3) is 16.8 Å². The van der Waals surface area contributed by atoms with E-state index in [9.17, 15) is 19.3 Å². The van der Waals surface area contributed by atoms with Crippen molar-refractivity contribution in [2.24, 2.45) is 0 Å². The van der Waals surface area contributed by atoms with Crippen molar-refractivity contribution < 1.29 is 18.8 Å². The van der Waals surface area contributed by atoms with E-state index < -0.39 is 11.0 Å². The zero-order chi connectivity index (χ0) is 25.9. The predicted molar refractivity (Wildman–Crippen MR) is 135 cm³/mol. The summed E-state index contributed by atoms with van der Waals surface area (Å²) in [6.45, 7) is 1.76. The minimum absolute atomic E-state index is 0.0595. The highest BCUT2D eigenvalue weighted by molar-refractivity contribution is 7.98. The van der Waals surface area contributed by atoms with Gasteiger partial charge < -0.3 is 5.32 Å². The van der Waals surface area contributed by atoms with E-state index in [0.717, 1.165) is 0 Å². The van der Waals surface area contributed by atoms with Crippen molar-refractivity contribution in [3.63, 3.8) is 0 Å². The fraction of sp³-hybridized carbons (Fsp3) is 0.120. The fourth-order valence-corrected chi connectivity index (χ4v) is 4.87. The summed E-state index contributed by atoms with van der Waals surface area (Å²) in [5, 5.41) is 20.9. The van der Waals surface area contributed by atoms with Gasteiger partial charge in [-0.3, -0.25) is 19.9 Å². The molecule has 4 aromatic rings. The Kier molecular flexibility index (Phi) is 6.64. The Morgan fingerprint density at radius 3 is 2.68 bits per heavy atom. The van der Waals surface area contributed by atoms with Crippen LogP contribution in [0.1, 0.15) is 24.1 Å². The molecule has 0 fully saturated rings. The zero-order valence-electron chi connectivity index (χ0n) is 19.5. The number of carbonyl (C=O) groups is 1. The quantitative estimate of drug-likeness (QED) is 0.143. The number of nitro benzene ring substituents is 1. The lowest BCUT2D eigenvalue weighted by Gasteiger charge is -2.24. The van der Waals surface area contributed by atoms with Crippen LogP contribution in [0.15, 0.2) is 89.5 Å². The molecule has 186 valence electrons. The molecule has 0 bridgehead atoms. The third-order valence-corrected chi connectivity index (χ3v) is 6.70. The summed E-state index contributed by atoms with van der Waals surface area (Å²) in [7, 11) is 0. The first-order valence-electron chi connectivity index (χ1n) is 11.2. The normalized spacial score (nSPS) is 14.6. The van der Waals surface area contributed by atoms with E-state index in [1.807, 2.05) is 0 Å². The highest BCUT2D eigenvalue weighted by Gasteiger charge is 2.39. The number of rotatable bonds is 7. The first-order chi connectivity index (χ1) is 17.9. The molecule has 12 heteroatoms. The van der Waals surface area contributed by atoms with Gasteiger partial charge in [0.15, 0.2) is 6.04 Å². The molecule has 0 saturated heterocycles. The molecule has 2 aromatic heterocycles. The second-order valence-corrected chi connectivity index (χ2v) is 9.18. The van der Waals surface area contributed by atoms with E-state index in [1.54, 1.807) is 60.3 Å². The number of halogens is 1. The van der Waals surface area contributed by atoms with E-state index in [2.05, 4.69) is 25.7 Å². The van der Waals surface area contributed by atoms with E-state index in [4.69, 9.17) is 0 Å². The number of H-pyrrole nitrogens is 1. The summed E-state index contributed by atoms with van der Waals surface area (Å²) in [5.74, 6) is 0.139. The van der Waals surface area contributed by atoms with Gasteiger partial charge in [-0.25, -0.2) is 14.8 Å². The lowest BCUT2D eigenvalue weighted by Crippen LogP contribution is -2.50.